The fourth-order valence-electron chi connectivity index (χ4n) is 3.18. The number of nitrogens with zero attached hydrogens (tertiary/aromatic N) is 3. The van der Waals surface area contributed by atoms with E-state index in [0.29, 0.717) is 11.9 Å². The first-order chi connectivity index (χ1) is 10.2. The maximum atomic E-state index is 6.17. The molecule has 1 aromatic carbocycles. The van der Waals surface area contributed by atoms with Crippen molar-refractivity contribution in [3.8, 4) is 0 Å². The molecule has 1 saturated heterocycles. The second-order valence-corrected chi connectivity index (χ2v) is 6.23. The van der Waals surface area contributed by atoms with Gasteiger partial charge in [-0.05, 0) is 38.6 Å². The zero-order chi connectivity index (χ0) is 14.8. The summed E-state index contributed by atoms with van der Waals surface area (Å²) in [6.45, 7) is 2.28. The summed E-state index contributed by atoms with van der Waals surface area (Å²) in [5.41, 5.74) is 2.16. The number of likely N-dealkylation sites (tertiary alicyclic amines) is 1. The Hall–Kier alpha value is -1.32. The number of hydrogen-bond acceptors (Lipinski definition) is 3. The third-order valence-electron chi connectivity index (χ3n) is 4.41. The monoisotopic (exact) mass is 303 g/mol. The van der Waals surface area contributed by atoms with Crippen molar-refractivity contribution in [2.24, 2.45) is 0 Å². The molecule has 1 fully saturated rings. The van der Waals surface area contributed by atoms with Crippen molar-refractivity contribution in [2.75, 3.05) is 32.1 Å². The molecule has 2 aromatic rings. The van der Waals surface area contributed by atoms with Gasteiger partial charge in [0.05, 0.1) is 11.4 Å². The van der Waals surface area contributed by atoms with Crippen LogP contribution in [0.25, 0.3) is 10.9 Å². The Kier molecular flexibility index (Phi) is 4.32. The molecule has 4 heteroatoms. The minimum absolute atomic E-state index is 0.500. The average Bonchev–Trinajstić information content (AvgIpc) is 2.53. The zero-order valence-electron chi connectivity index (χ0n) is 12.7. The Balaban J connectivity index is 1.97. The first-order valence-corrected chi connectivity index (χ1v) is 8.08. The van der Waals surface area contributed by atoms with Gasteiger partial charge in [0, 0.05) is 30.6 Å². The summed E-state index contributed by atoms with van der Waals surface area (Å²) in [5, 5.41) is 1.16. The number of fused-ring (bicyclic) bond motifs is 1. The van der Waals surface area contributed by atoms with Gasteiger partial charge in [0.25, 0.3) is 0 Å². The standard InChI is InChI=1S/C17H22ClN3/c1-20-9-5-7-15(12-20)21(2)17-14(11-18)10-13-6-3-4-8-16(13)19-17/h3-4,6,8,10,15H,5,7,9,11-12H2,1-2H3. The lowest BCUT2D eigenvalue weighted by Gasteiger charge is -2.37. The third kappa shape index (κ3) is 2.99. The molecule has 2 heterocycles. The predicted octanol–water partition coefficient (Wildman–Crippen LogP) is 3.50. The quantitative estimate of drug-likeness (QED) is 0.809. The second-order valence-electron chi connectivity index (χ2n) is 5.97. The van der Waals surface area contributed by atoms with Crippen LogP contribution in [-0.4, -0.2) is 43.1 Å². The molecule has 0 radical (unpaired) electrons. The number of benzene rings is 1. The van der Waals surface area contributed by atoms with Crippen LogP contribution in [0.3, 0.4) is 0 Å². The minimum Gasteiger partial charge on any atom is -0.355 e. The molecule has 1 unspecified atom stereocenters. The number of alkyl halides is 1. The highest BCUT2D eigenvalue weighted by Gasteiger charge is 2.23. The molecule has 1 aliphatic rings. The first kappa shape index (κ1) is 14.6. The normalized spacial score (nSPS) is 19.9. The molecule has 3 rings (SSSR count). The molecule has 0 amide bonds. The Morgan fingerprint density at radius 1 is 1.38 bits per heavy atom. The minimum atomic E-state index is 0.500. The molecule has 21 heavy (non-hydrogen) atoms. The lowest BCUT2D eigenvalue weighted by atomic mass is 10.0. The average molecular weight is 304 g/mol. The van der Waals surface area contributed by atoms with Crippen LogP contribution in [-0.2, 0) is 5.88 Å². The van der Waals surface area contributed by atoms with Gasteiger partial charge >= 0.3 is 0 Å². The van der Waals surface area contributed by atoms with Crippen LogP contribution in [0.4, 0.5) is 5.82 Å². The summed E-state index contributed by atoms with van der Waals surface area (Å²) in [5.74, 6) is 1.53. The largest absolute Gasteiger partial charge is 0.355 e. The van der Waals surface area contributed by atoms with E-state index < -0.39 is 0 Å². The maximum absolute atomic E-state index is 6.17. The lowest BCUT2D eigenvalue weighted by molar-refractivity contribution is 0.247. The van der Waals surface area contributed by atoms with E-state index in [1.807, 2.05) is 12.1 Å². The van der Waals surface area contributed by atoms with E-state index in [9.17, 15) is 0 Å². The highest BCUT2D eigenvalue weighted by atomic mass is 35.5. The van der Waals surface area contributed by atoms with Gasteiger partial charge < -0.3 is 9.80 Å². The highest BCUT2D eigenvalue weighted by molar-refractivity contribution is 6.17. The van der Waals surface area contributed by atoms with Crippen molar-refractivity contribution < 1.29 is 0 Å². The summed E-state index contributed by atoms with van der Waals surface area (Å²) < 4.78 is 0. The van der Waals surface area contributed by atoms with E-state index in [1.165, 1.54) is 19.4 Å². The molecule has 112 valence electrons. The van der Waals surface area contributed by atoms with E-state index in [1.54, 1.807) is 0 Å². The SMILES string of the molecule is CN1CCCC(N(C)c2nc3ccccc3cc2CCl)C1. The van der Waals surface area contributed by atoms with Gasteiger partial charge in [-0.1, -0.05) is 18.2 Å². The van der Waals surface area contributed by atoms with Crippen LogP contribution in [0.5, 0.6) is 0 Å². The van der Waals surface area contributed by atoms with Crippen LogP contribution in [0, 0.1) is 0 Å². The second kappa shape index (κ2) is 6.20. The van der Waals surface area contributed by atoms with E-state index >= 15 is 0 Å². The molecular weight excluding hydrogens is 282 g/mol. The summed E-state index contributed by atoms with van der Waals surface area (Å²) in [6, 6.07) is 10.9. The van der Waals surface area contributed by atoms with Crippen molar-refractivity contribution in [3.05, 3.63) is 35.9 Å². The van der Waals surface area contributed by atoms with Gasteiger partial charge in [-0.25, -0.2) is 4.98 Å². The molecule has 1 aliphatic heterocycles. The smallest absolute Gasteiger partial charge is 0.133 e. The topological polar surface area (TPSA) is 19.4 Å². The Labute approximate surface area is 131 Å². The third-order valence-corrected chi connectivity index (χ3v) is 4.69. The lowest BCUT2D eigenvalue weighted by Crippen LogP contribution is -2.45. The molecular formula is C17H22ClN3. The van der Waals surface area contributed by atoms with Crippen molar-refractivity contribution >= 4 is 28.3 Å². The Bertz CT molecular complexity index is 628. The van der Waals surface area contributed by atoms with Gasteiger partial charge in [0.15, 0.2) is 0 Å². The molecule has 0 saturated carbocycles. The highest BCUT2D eigenvalue weighted by Crippen LogP contribution is 2.27. The van der Waals surface area contributed by atoms with Gasteiger partial charge in [-0.2, -0.15) is 0 Å². The van der Waals surface area contributed by atoms with Crippen LogP contribution < -0.4 is 4.90 Å². The number of likely N-dealkylation sites (N-methyl/N-ethyl adjacent to an activating group) is 2. The summed E-state index contributed by atoms with van der Waals surface area (Å²) in [7, 11) is 4.34. The fourth-order valence-corrected chi connectivity index (χ4v) is 3.38. The van der Waals surface area contributed by atoms with Crippen molar-refractivity contribution in [3.63, 3.8) is 0 Å². The number of rotatable bonds is 3. The maximum Gasteiger partial charge on any atom is 0.133 e. The summed E-state index contributed by atoms with van der Waals surface area (Å²) in [4.78, 5) is 9.58. The van der Waals surface area contributed by atoms with E-state index in [0.717, 1.165) is 28.8 Å². The molecule has 1 atom stereocenters. The van der Waals surface area contributed by atoms with Crippen LogP contribution >= 0.6 is 11.6 Å². The van der Waals surface area contributed by atoms with Gasteiger partial charge in [0.2, 0.25) is 0 Å². The van der Waals surface area contributed by atoms with Crippen molar-refractivity contribution in [2.45, 2.75) is 24.8 Å². The van der Waals surface area contributed by atoms with Gasteiger partial charge in [0.1, 0.15) is 5.82 Å². The number of piperidine rings is 1. The van der Waals surface area contributed by atoms with Crippen LogP contribution in [0.1, 0.15) is 18.4 Å². The summed E-state index contributed by atoms with van der Waals surface area (Å²) in [6.07, 6.45) is 2.46. The molecule has 0 spiro atoms. The number of anilines is 1. The van der Waals surface area contributed by atoms with E-state index in [4.69, 9.17) is 16.6 Å². The van der Waals surface area contributed by atoms with E-state index in [2.05, 4.69) is 42.1 Å². The molecule has 0 N–H and O–H groups in total. The zero-order valence-corrected chi connectivity index (χ0v) is 13.5. The van der Waals surface area contributed by atoms with Gasteiger partial charge in [-0.3, -0.25) is 0 Å². The van der Waals surface area contributed by atoms with E-state index in [-0.39, 0.29) is 0 Å². The number of aromatic nitrogens is 1. The number of halogens is 1. The molecule has 0 bridgehead atoms. The van der Waals surface area contributed by atoms with Crippen LogP contribution in [0.15, 0.2) is 30.3 Å². The molecule has 1 aromatic heterocycles. The van der Waals surface area contributed by atoms with Gasteiger partial charge in [-0.15, -0.1) is 11.6 Å². The Morgan fingerprint density at radius 2 is 2.19 bits per heavy atom. The molecule has 0 aliphatic carbocycles. The Morgan fingerprint density at radius 3 is 2.95 bits per heavy atom. The predicted molar refractivity (Wildman–Crippen MR) is 90.2 cm³/mol. The summed E-state index contributed by atoms with van der Waals surface area (Å²) >= 11 is 6.17. The van der Waals surface area contributed by atoms with Crippen molar-refractivity contribution in [1.82, 2.24) is 9.88 Å². The molecule has 3 nitrogen and oxygen atoms in total. The van der Waals surface area contributed by atoms with Crippen LogP contribution in [0.2, 0.25) is 0 Å². The number of hydrogen-bond donors (Lipinski definition) is 0. The fraction of sp³-hybridized carbons (Fsp3) is 0.471. The number of para-hydroxylation sites is 1. The van der Waals surface area contributed by atoms with Crippen molar-refractivity contribution in [1.29, 1.82) is 0 Å². The first-order valence-electron chi connectivity index (χ1n) is 7.55. The number of pyridine rings is 1.